The smallest absolute Gasteiger partial charge is 0.149 e. The lowest BCUT2D eigenvalue weighted by molar-refractivity contribution is 0.0884. The molecule has 1 heterocycles. The predicted molar refractivity (Wildman–Crippen MR) is 70.7 cm³/mol. The van der Waals surface area contributed by atoms with Crippen molar-refractivity contribution in [3.05, 3.63) is 46.5 Å². The van der Waals surface area contributed by atoms with Crippen LogP contribution in [-0.2, 0) is 12.1 Å². The Morgan fingerprint density at radius 3 is 2.79 bits per heavy atom. The van der Waals surface area contributed by atoms with Gasteiger partial charge in [-0.2, -0.15) is 5.10 Å². The summed E-state index contributed by atoms with van der Waals surface area (Å²) in [5.74, 6) is 0. The van der Waals surface area contributed by atoms with Crippen LogP contribution < -0.4 is 0 Å². The minimum absolute atomic E-state index is 0.00158. The Balaban J connectivity index is 2.43. The summed E-state index contributed by atoms with van der Waals surface area (Å²) in [7, 11) is 0. The zero-order valence-electron chi connectivity index (χ0n) is 9.61. The summed E-state index contributed by atoms with van der Waals surface area (Å²) >= 11 is 11.9. The first-order valence-electron chi connectivity index (χ1n) is 5.24. The Hall–Kier alpha value is -1.63. The second-order valence-corrected chi connectivity index (χ2v) is 4.73. The number of nitrogens with zero attached hydrogens (tertiary/aromatic N) is 4. The molecule has 2 rings (SSSR count). The first-order chi connectivity index (χ1) is 9.05. The zero-order chi connectivity index (χ0) is 13.9. The van der Waals surface area contributed by atoms with Crippen molar-refractivity contribution < 1.29 is 10.3 Å². The largest absolute Gasteiger partial charge is 0.411 e. The number of oxime groups is 1. The monoisotopic (exact) mass is 300 g/mol. The first-order valence-corrected chi connectivity index (χ1v) is 5.99. The summed E-state index contributed by atoms with van der Waals surface area (Å²) in [6, 6.07) is 4.64. The van der Waals surface area contributed by atoms with Crippen LogP contribution in [0.3, 0.4) is 0 Å². The summed E-state index contributed by atoms with van der Waals surface area (Å²) < 4.78 is 1.40. The van der Waals surface area contributed by atoms with Gasteiger partial charge < -0.3 is 10.3 Å². The number of aromatic nitrogens is 3. The molecule has 6 nitrogen and oxygen atoms in total. The lowest BCUT2D eigenvalue weighted by atomic mass is 9.95. The molecule has 0 fully saturated rings. The van der Waals surface area contributed by atoms with Crippen LogP contribution in [0.15, 0.2) is 36.0 Å². The zero-order valence-corrected chi connectivity index (χ0v) is 11.1. The quantitative estimate of drug-likeness (QED) is 0.513. The van der Waals surface area contributed by atoms with Crippen molar-refractivity contribution in [2.75, 3.05) is 0 Å². The van der Waals surface area contributed by atoms with Crippen molar-refractivity contribution >= 4 is 29.4 Å². The van der Waals surface area contributed by atoms with Gasteiger partial charge >= 0.3 is 0 Å². The van der Waals surface area contributed by atoms with Crippen molar-refractivity contribution in [3.63, 3.8) is 0 Å². The van der Waals surface area contributed by atoms with Crippen LogP contribution >= 0.6 is 23.2 Å². The van der Waals surface area contributed by atoms with E-state index in [4.69, 9.17) is 28.4 Å². The third kappa shape index (κ3) is 3.04. The van der Waals surface area contributed by atoms with Gasteiger partial charge in [0.15, 0.2) is 0 Å². The van der Waals surface area contributed by atoms with Crippen molar-refractivity contribution in [2.24, 2.45) is 5.16 Å². The molecule has 0 aliphatic carbocycles. The highest BCUT2D eigenvalue weighted by Gasteiger charge is 2.31. The van der Waals surface area contributed by atoms with Crippen molar-refractivity contribution in [1.29, 1.82) is 0 Å². The number of benzene rings is 1. The molecule has 1 unspecified atom stereocenters. The maximum Gasteiger partial charge on any atom is 0.149 e. The van der Waals surface area contributed by atoms with E-state index in [0.29, 0.717) is 10.6 Å². The minimum atomic E-state index is -1.62. The Morgan fingerprint density at radius 1 is 1.42 bits per heavy atom. The Bertz CT molecular complexity index is 588. The van der Waals surface area contributed by atoms with Crippen LogP contribution in [0.1, 0.15) is 5.56 Å². The molecule has 0 bridgehead atoms. The van der Waals surface area contributed by atoms with Crippen LogP contribution in [-0.4, -0.2) is 31.3 Å². The van der Waals surface area contributed by atoms with Crippen LogP contribution in [0.25, 0.3) is 0 Å². The van der Waals surface area contributed by atoms with Crippen LogP contribution in [0.5, 0.6) is 0 Å². The molecule has 2 aromatic rings. The topological polar surface area (TPSA) is 83.5 Å². The van der Waals surface area contributed by atoms with E-state index in [-0.39, 0.29) is 11.6 Å². The van der Waals surface area contributed by atoms with Crippen molar-refractivity contribution in [3.8, 4) is 0 Å². The lowest BCUT2D eigenvalue weighted by Gasteiger charge is -2.24. The molecule has 0 aliphatic rings. The summed E-state index contributed by atoms with van der Waals surface area (Å²) in [6.07, 6.45) is 3.74. The van der Waals surface area contributed by atoms with Crippen LogP contribution in [0, 0.1) is 0 Å². The van der Waals surface area contributed by atoms with E-state index in [2.05, 4.69) is 15.2 Å². The highest BCUT2D eigenvalue weighted by atomic mass is 35.5. The maximum atomic E-state index is 10.6. The average molecular weight is 301 g/mol. The highest BCUT2D eigenvalue weighted by Crippen LogP contribution is 2.30. The van der Waals surface area contributed by atoms with E-state index < -0.39 is 5.60 Å². The molecule has 2 N–H and O–H groups in total. The fourth-order valence-corrected chi connectivity index (χ4v) is 2.27. The normalized spacial score (nSPS) is 14.7. The molecule has 0 saturated heterocycles. The average Bonchev–Trinajstić information content (AvgIpc) is 2.81. The molecule has 19 heavy (non-hydrogen) atoms. The molecular weight excluding hydrogens is 291 g/mol. The summed E-state index contributed by atoms with van der Waals surface area (Å²) in [6.45, 7) is -0.00158. The lowest BCUT2D eigenvalue weighted by Crippen LogP contribution is -2.34. The molecule has 1 aromatic carbocycles. The van der Waals surface area contributed by atoms with Gasteiger partial charge in [-0.15, -0.1) is 0 Å². The van der Waals surface area contributed by atoms with Gasteiger partial charge in [-0.25, -0.2) is 9.67 Å². The van der Waals surface area contributed by atoms with Crippen molar-refractivity contribution in [2.45, 2.75) is 12.1 Å². The van der Waals surface area contributed by atoms with Gasteiger partial charge in [0.25, 0.3) is 0 Å². The molecule has 1 aromatic heterocycles. The Labute approximate surface area is 118 Å². The number of halogens is 2. The third-order valence-corrected chi connectivity index (χ3v) is 3.09. The van der Waals surface area contributed by atoms with Crippen molar-refractivity contribution in [1.82, 2.24) is 14.8 Å². The van der Waals surface area contributed by atoms with Gasteiger partial charge in [-0.05, 0) is 12.1 Å². The second kappa shape index (κ2) is 5.56. The van der Waals surface area contributed by atoms with Gasteiger partial charge in [-0.3, -0.25) is 0 Å². The maximum absolute atomic E-state index is 10.6. The SMILES string of the molecule is O/N=C\C(O)(Cn1cncn1)c1ccc(Cl)cc1Cl. The van der Waals surface area contributed by atoms with Crippen LogP contribution in [0.4, 0.5) is 0 Å². The molecule has 8 heteroatoms. The number of hydrogen-bond acceptors (Lipinski definition) is 5. The van der Waals surface area contributed by atoms with E-state index in [9.17, 15) is 5.11 Å². The van der Waals surface area contributed by atoms with Gasteiger partial charge in [0.1, 0.15) is 18.3 Å². The summed E-state index contributed by atoms with van der Waals surface area (Å²) in [5.41, 5.74) is -1.27. The standard InChI is InChI=1S/C11H10Cl2N4O2/c12-8-1-2-9(10(13)3-8)11(18,4-16-19)5-17-7-14-6-15-17/h1-4,6-7,18-19H,5H2/b16-4-. The van der Waals surface area contributed by atoms with E-state index in [1.54, 1.807) is 12.1 Å². The minimum Gasteiger partial charge on any atom is -0.411 e. The third-order valence-electron chi connectivity index (χ3n) is 2.54. The second-order valence-electron chi connectivity index (χ2n) is 3.89. The van der Waals surface area contributed by atoms with Gasteiger partial charge in [0.05, 0.1) is 12.8 Å². The highest BCUT2D eigenvalue weighted by molar-refractivity contribution is 6.35. The predicted octanol–water partition coefficient (Wildman–Crippen LogP) is 1.93. The van der Waals surface area contributed by atoms with Gasteiger partial charge in [-0.1, -0.05) is 34.4 Å². The van der Waals surface area contributed by atoms with E-state index >= 15 is 0 Å². The van der Waals surface area contributed by atoms with E-state index in [1.165, 1.54) is 23.4 Å². The molecule has 0 amide bonds. The summed E-state index contributed by atoms with van der Waals surface area (Å²) in [4.78, 5) is 3.78. The molecular formula is C11H10Cl2N4O2. The first kappa shape index (κ1) is 13.8. The molecule has 1 atom stereocenters. The van der Waals surface area contributed by atoms with E-state index in [1.807, 2.05) is 0 Å². The van der Waals surface area contributed by atoms with E-state index in [0.717, 1.165) is 6.21 Å². The molecule has 0 aliphatic heterocycles. The van der Waals surface area contributed by atoms with Gasteiger partial charge in [0, 0.05) is 15.6 Å². The number of aliphatic hydroxyl groups is 1. The number of rotatable bonds is 4. The molecule has 0 spiro atoms. The number of hydrogen-bond donors (Lipinski definition) is 2. The fraction of sp³-hybridized carbons (Fsp3) is 0.182. The van der Waals surface area contributed by atoms with Gasteiger partial charge in [0.2, 0.25) is 0 Å². The van der Waals surface area contributed by atoms with Crippen LogP contribution in [0.2, 0.25) is 10.0 Å². The Kier molecular flexibility index (Phi) is 4.04. The Morgan fingerprint density at radius 2 is 2.21 bits per heavy atom. The molecule has 0 radical (unpaired) electrons. The molecule has 0 saturated carbocycles. The molecule has 100 valence electrons. The fourth-order valence-electron chi connectivity index (χ4n) is 1.69. The summed E-state index contributed by atoms with van der Waals surface area (Å²) in [5, 5.41) is 26.8.